The van der Waals surface area contributed by atoms with Crippen LogP contribution >= 0.6 is 0 Å². The van der Waals surface area contributed by atoms with Gasteiger partial charge < -0.3 is 29.7 Å². The van der Waals surface area contributed by atoms with E-state index in [-0.39, 0.29) is 23.3 Å². The Hall–Kier alpha value is -4.18. The number of benzene rings is 2. The van der Waals surface area contributed by atoms with Crippen molar-refractivity contribution in [3.8, 4) is 11.3 Å². The molecule has 1 aromatic heterocycles. The number of nitrogens with zero attached hydrogens (tertiary/aromatic N) is 4. The zero-order chi connectivity index (χ0) is 30.6. The van der Waals surface area contributed by atoms with Gasteiger partial charge in [-0.1, -0.05) is 31.4 Å². The predicted molar refractivity (Wildman–Crippen MR) is 171 cm³/mol. The molecular weight excluding hydrogens is 556 g/mol. The number of aryl methyl sites for hydroxylation is 1. The fourth-order valence-electron chi connectivity index (χ4n) is 6.81. The summed E-state index contributed by atoms with van der Waals surface area (Å²) in [6.45, 7) is 6.06. The second kappa shape index (κ2) is 13.2. The highest BCUT2D eigenvalue weighted by Crippen LogP contribution is 2.36. The molecule has 1 aliphatic carbocycles. The minimum absolute atomic E-state index is 0.0287. The Morgan fingerprint density at radius 2 is 1.70 bits per heavy atom. The van der Waals surface area contributed by atoms with Gasteiger partial charge in [-0.2, -0.15) is 0 Å². The average Bonchev–Trinajstić information content (AvgIpc) is 3.34. The number of anilines is 3. The van der Waals surface area contributed by atoms with Gasteiger partial charge >= 0.3 is 6.03 Å². The second-order valence-electron chi connectivity index (χ2n) is 12.3. The first kappa shape index (κ1) is 29.9. The van der Waals surface area contributed by atoms with Gasteiger partial charge in [-0.3, -0.25) is 9.59 Å². The Labute approximate surface area is 258 Å². The molecule has 2 aromatic carbocycles. The quantitative estimate of drug-likeness (QED) is 0.407. The number of hydrogen-bond donors (Lipinski definition) is 2. The van der Waals surface area contributed by atoms with E-state index in [2.05, 4.69) is 10.6 Å². The van der Waals surface area contributed by atoms with Gasteiger partial charge in [0.05, 0.1) is 12.3 Å². The molecule has 3 amide bonds. The number of urea groups is 1. The summed E-state index contributed by atoms with van der Waals surface area (Å²) >= 11 is 0. The van der Waals surface area contributed by atoms with Crippen LogP contribution in [0.2, 0.25) is 0 Å². The van der Waals surface area contributed by atoms with Crippen molar-refractivity contribution in [1.82, 2.24) is 19.4 Å². The Morgan fingerprint density at radius 3 is 2.52 bits per heavy atom. The first-order valence-corrected chi connectivity index (χ1v) is 15.8. The maximum atomic E-state index is 13.3. The SMILES string of the molecule is Cc1c(NC(=O)N2CCC3CCCCC3C2)cccc1-c1cn(C)c(=O)c(Nc2ccc(C(=O)N3CCCOCC3)cc2)n1. The Kier molecular flexibility index (Phi) is 8.97. The fraction of sp³-hybridized carbons (Fsp3) is 0.471. The maximum Gasteiger partial charge on any atom is 0.321 e. The van der Waals surface area contributed by atoms with E-state index in [0.717, 1.165) is 48.7 Å². The molecule has 0 spiro atoms. The molecule has 2 N–H and O–H groups in total. The number of likely N-dealkylation sites (tertiary alicyclic amines) is 1. The molecule has 44 heavy (non-hydrogen) atoms. The highest BCUT2D eigenvalue weighted by molar-refractivity contribution is 5.94. The van der Waals surface area contributed by atoms with Gasteiger partial charge in [-0.25, -0.2) is 9.78 Å². The van der Waals surface area contributed by atoms with E-state index < -0.39 is 0 Å². The highest BCUT2D eigenvalue weighted by Gasteiger charge is 2.33. The summed E-state index contributed by atoms with van der Waals surface area (Å²) in [4.78, 5) is 47.8. The van der Waals surface area contributed by atoms with Gasteiger partial charge in [0.25, 0.3) is 11.5 Å². The molecule has 10 heteroatoms. The molecule has 2 atom stereocenters. The Bertz CT molecular complexity index is 1560. The van der Waals surface area contributed by atoms with Crippen molar-refractivity contribution in [1.29, 1.82) is 0 Å². The molecule has 6 rings (SSSR count). The molecule has 2 unspecified atom stereocenters. The van der Waals surface area contributed by atoms with E-state index in [4.69, 9.17) is 9.72 Å². The number of fused-ring (bicyclic) bond motifs is 1. The van der Waals surface area contributed by atoms with Gasteiger partial charge in [0, 0.05) is 68.5 Å². The Morgan fingerprint density at radius 1 is 0.909 bits per heavy atom. The van der Waals surface area contributed by atoms with Crippen LogP contribution in [0, 0.1) is 18.8 Å². The molecule has 3 fully saturated rings. The molecule has 3 aromatic rings. The van der Waals surface area contributed by atoms with Crippen LogP contribution in [0.4, 0.5) is 22.0 Å². The smallest absolute Gasteiger partial charge is 0.321 e. The third kappa shape index (κ3) is 6.50. The molecule has 2 saturated heterocycles. The standard InChI is InChI=1S/C34H42N6O4/c1-23-28(9-5-10-29(23)37-34(43)40-17-15-24-7-3-4-8-26(24)21-40)30-22-38(2)33(42)31(36-30)35-27-13-11-25(12-14-27)32(41)39-16-6-19-44-20-18-39/h5,9-14,22,24,26H,3-4,6-8,15-21H2,1-2H3,(H,35,36)(H,37,43). The topological polar surface area (TPSA) is 109 Å². The predicted octanol–water partition coefficient (Wildman–Crippen LogP) is 5.41. The van der Waals surface area contributed by atoms with Crippen molar-refractivity contribution in [3.05, 3.63) is 70.1 Å². The summed E-state index contributed by atoms with van der Waals surface area (Å²) < 4.78 is 6.97. The van der Waals surface area contributed by atoms with Crippen molar-refractivity contribution in [2.45, 2.75) is 45.4 Å². The van der Waals surface area contributed by atoms with Crippen LogP contribution in [0.1, 0.15) is 54.4 Å². The van der Waals surface area contributed by atoms with E-state index in [1.54, 1.807) is 37.5 Å². The number of nitrogens with one attached hydrogen (secondary N) is 2. The van der Waals surface area contributed by atoms with Crippen LogP contribution in [-0.2, 0) is 11.8 Å². The van der Waals surface area contributed by atoms with Gasteiger partial charge in [-0.15, -0.1) is 0 Å². The van der Waals surface area contributed by atoms with E-state index in [1.165, 1.54) is 30.3 Å². The zero-order valence-corrected chi connectivity index (χ0v) is 25.7. The van der Waals surface area contributed by atoms with E-state index in [9.17, 15) is 14.4 Å². The first-order chi connectivity index (χ1) is 21.4. The van der Waals surface area contributed by atoms with Crippen molar-refractivity contribution in [2.24, 2.45) is 18.9 Å². The van der Waals surface area contributed by atoms with Crippen molar-refractivity contribution < 1.29 is 14.3 Å². The van der Waals surface area contributed by atoms with E-state index in [0.29, 0.717) is 49.2 Å². The van der Waals surface area contributed by atoms with Crippen LogP contribution < -0.4 is 16.2 Å². The van der Waals surface area contributed by atoms with Crippen molar-refractivity contribution >= 4 is 29.1 Å². The number of rotatable bonds is 5. The molecule has 0 radical (unpaired) electrons. The molecule has 3 aliphatic rings. The number of amides is 3. The molecule has 10 nitrogen and oxygen atoms in total. The van der Waals surface area contributed by atoms with Crippen LogP contribution in [0.3, 0.4) is 0 Å². The number of carbonyl (C=O) groups excluding carboxylic acids is 2. The molecule has 2 aliphatic heterocycles. The number of hydrogen-bond acceptors (Lipinski definition) is 6. The van der Waals surface area contributed by atoms with E-state index >= 15 is 0 Å². The van der Waals surface area contributed by atoms with Crippen LogP contribution in [0.5, 0.6) is 0 Å². The van der Waals surface area contributed by atoms with Gasteiger partial charge in [-0.05, 0) is 73.9 Å². The minimum atomic E-state index is -0.272. The van der Waals surface area contributed by atoms with Gasteiger partial charge in [0.15, 0.2) is 5.82 Å². The Balaban J connectivity index is 1.17. The third-order valence-electron chi connectivity index (χ3n) is 9.40. The number of aromatic nitrogens is 2. The molecule has 1 saturated carbocycles. The maximum absolute atomic E-state index is 13.3. The van der Waals surface area contributed by atoms with Crippen molar-refractivity contribution in [3.63, 3.8) is 0 Å². The molecule has 3 heterocycles. The lowest BCUT2D eigenvalue weighted by molar-refractivity contribution is 0.0741. The molecule has 232 valence electrons. The molecular formula is C34H42N6O4. The lowest BCUT2D eigenvalue weighted by Gasteiger charge is -2.41. The summed E-state index contributed by atoms with van der Waals surface area (Å²) in [7, 11) is 1.70. The lowest BCUT2D eigenvalue weighted by Crippen LogP contribution is -2.46. The monoisotopic (exact) mass is 598 g/mol. The van der Waals surface area contributed by atoms with Gasteiger partial charge in [0.2, 0.25) is 0 Å². The van der Waals surface area contributed by atoms with Crippen LogP contribution in [0.25, 0.3) is 11.3 Å². The van der Waals surface area contributed by atoms with Crippen LogP contribution in [-0.4, -0.2) is 70.7 Å². The molecule has 0 bridgehead atoms. The largest absolute Gasteiger partial charge is 0.380 e. The summed E-state index contributed by atoms with van der Waals surface area (Å²) in [5, 5.41) is 6.29. The van der Waals surface area contributed by atoms with E-state index in [1.807, 2.05) is 34.9 Å². The average molecular weight is 599 g/mol. The highest BCUT2D eigenvalue weighted by atomic mass is 16.5. The number of carbonyl (C=O) groups is 2. The van der Waals surface area contributed by atoms with Crippen LogP contribution in [0.15, 0.2) is 53.5 Å². The normalized spacial score (nSPS) is 20.4. The second-order valence-corrected chi connectivity index (χ2v) is 12.3. The summed E-state index contributed by atoms with van der Waals surface area (Å²) in [6, 6.07) is 12.8. The summed E-state index contributed by atoms with van der Waals surface area (Å²) in [5.74, 6) is 1.52. The number of piperidine rings is 1. The first-order valence-electron chi connectivity index (χ1n) is 15.8. The zero-order valence-electron chi connectivity index (χ0n) is 25.7. The third-order valence-corrected chi connectivity index (χ3v) is 9.40. The summed E-state index contributed by atoms with van der Waals surface area (Å²) in [6.07, 6.45) is 8.72. The van der Waals surface area contributed by atoms with Crippen molar-refractivity contribution in [2.75, 3.05) is 50.0 Å². The summed E-state index contributed by atoms with van der Waals surface area (Å²) in [5.41, 5.74) is 4.03. The van der Waals surface area contributed by atoms with Gasteiger partial charge in [0.1, 0.15) is 0 Å². The minimum Gasteiger partial charge on any atom is -0.380 e. The lowest BCUT2D eigenvalue weighted by atomic mass is 9.75. The number of ether oxygens (including phenoxy) is 1. The fourth-order valence-corrected chi connectivity index (χ4v) is 6.81.